The van der Waals surface area contributed by atoms with Crippen LogP contribution in [0.3, 0.4) is 0 Å². The van der Waals surface area contributed by atoms with E-state index in [-0.39, 0.29) is 5.91 Å². The minimum atomic E-state index is 0.00820. The van der Waals surface area contributed by atoms with Crippen LogP contribution in [0.1, 0.15) is 21.7 Å². The summed E-state index contributed by atoms with van der Waals surface area (Å²) in [5, 5.41) is 3.82. The van der Waals surface area contributed by atoms with Crippen molar-refractivity contribution in [2.75, 3.05) is 7.05 Å². The normalized spacial score (nSPS) is 10.1. The minimum absolute atomic E-state index is 0.00820. The Labute approximate surface area is 164 Å². The quantitative estimate of drug-likeness (QED) is 0.551. The summed E-state index contributed by atoms with van der Waals surface area (Å²) in [4.78, 5) is 16.5. The molecule has 142 valence electrons. The number of aromatic nitrogens is 2. The molecule has 28 heavy (non-hydrogen) atoms. The Morgan fingerprint density at radius 3 is 2.25 bits per heavy atom. The van der Waals surface area contributed by atoms with Crippen molar-refractivity contribution in [2.45, 2.75) is 13.5 Å². The Balaban J connectivity index is 0.000000167. The molecule has 0 aliphatic carbocycles. The summed E-state index contributed by atoms with van der Waals surface area (Å²) < 4.78 is 4.85. The second-order valence-electron chi connectivity index (χ2n) is 6.41. The standard InChI is InChI=1S/C13H14N2O.C10H9NO/c1-15(10-11-6-3-2-4-7-11)13(16)12-8-5-9-14-12;1-8-10(7-12-11-8)9-5-3-2-4-6-9/h2-9,14H,10H2,1H3;2-7H,1H3. The fourth-order valence-electron chi connectivity index (χ4n) is 2.79. The lowest BCUT2D eigenvalue weighted by Gasteiger charge is -2.16. The van der Waals surface area contributed by atoms with Crippen molar-refractivity contribution in [3.63, 3.8) is 0 Å². The van der Waals surface area contributed by atoms with Crippen LogP contribution in [0, 0.1) is 6.92 Å². The summed E-state index contributed by atoms with van der Waals surface area (Å²) in [5.41, 5.74) is 4.90. The zero-order valence-electron chi connectivity index (χ0n) is 16.0. The molecule has 5 heteroatoms. The van der Waals surface area contributed by atoms with Crippen LogP contribution in [0.25, 0.3) is 11.1 Å². The van der Waals surface area contributed by atoms with Crippen molar-refractivity contribution in [3.05, 3.63) is 102 Å². The van der Waals surface area contributed by atoms with Gasteiger partial charge in [0.05, 0.1) is 5.69 Å². The third-order valence-electron chi connectivity index (χ3n) is 4.27. The highest BCUT2D eigenvalue weighted by Gasteiger charge is 2.11. The zero-order valence-corrected chi connectivity index (χ0v) is 16.0. The van der Waals surface area contributed by atoms with E-state index in [1.54, 1.807) is 30.5 Å². The molecule has 0 aliphatic rings. The Morgan fingerprint density at radius 1 is 1.00 bits per heavy atom. The number of aryl methyl sites for hydroxylation is 1. The smallest absolute Gasteiger partial charge is 0.270 e. The molecule has 0 saturated carbocycles. The van der Waals surface area contributed by atoms with Crippen LogP contribution < -0.4 is 0 Å². The number of amides is 1. The first-order valence-electron chi connectivity index (χ1n) is 9.04. The van der Waals surface area contributed by atoms with Gasteiger partial charge in [0.1, 0.15) is 12.0 Å². The predicted molar refractivity (Wildman–Crippen MR) is 110 cm³/mol. The maximum atomic E-state index is 11.9. The lowest BCUT2D eigenvalue weighted by atomic mass is 10.1. The number of carbonyl (C=O) groups is 1. The molecule has 0 atom stereocenters. The van der Waals surface area contributed by atoms with E-state index >= 15 is 0 Å². The number of hydrogen-bond donors (Lipinski definition) is 1. The highest BCUT2D eigenvalue weighted by Crippen LogP contribution is 2.21. The van der Waals surface area contributed by atoms with E-state index in [4.69, 9.17) is 4.52 Å². The number of hydrogen-bond acceptors (Lipinski definition) is 3. The summed E-state index contributed by atoms with van der Waals surface area (Å²) in [7, 11) is 1.80. The molecule has 2 heterocycles. The number of H-pyrrole nitrogens is 1. The minimum Gasteiger partial charge on any atom is -0.364 e. The maximum absolute atomic E-state index is 11.9. The second kappa shape index (κ2) is 9.37. The number of benzene rings is 2. The van der Waals surface area contributed by atoms with Gasteiger partial charge in [-0.3, -0.25) is 4.79 Å². The van der Waals surface area contributed by atoms with Gasteiger partial charge in [-0.1, -0.05) is 65.8 Å². The number of nitrogens with one attached hydrogen (secondary N) is 1. The first kappa shape index (κ1) is 19.2. The average Bonchev–Trinajstić information content (AvgIpc) is 3.41. The van der Waals surface area contributed by atoms with Gasteiger partial charge in [0, 0.05) is 25.4 Å². The summed E-state index contributed by atoms with van der Waals surface area (Å²) >= 11 is 0. The molecular formula is C23H23N3O2. The van der Waals surface area contributed by atoms with Crippen molar-refractivity contribution in [1.29, 1.82) is 0 Å². The maximum Gasteiger partial charge on any atom is 0.270 e. The molecule has 0 aliphatic heterocycles. The van der Waals surface area contributed by atoms with Crippen LogP contribution in [0.4, 0.5) is 0 Å². The van der Waals surface area contributed by atoms with E-state index in [2.05, 4.69) is 10.1 Å². The molecule has 1 amide bonds. The Morgan fingerprint density at radius 2 is 1.68 bits per heavy atom. The number of aromatic amines is 1. The summed E-state index contributed by atoms with van der Waals surface area (Å²) in [6.07, 6.45) is 3.42. The molecule has 1 N–H and O–H groups in total. The van der Waals surface area contributed by atoms with Crippen LogP contribution in [-0.2, 0) is 6.54 Å². The Hall–Kier alpha value is -3.60. The Bertz CT molecular complexity index is 977. The van der Waals surface area contributed by atoms with E-state index < -0.39 is 0 Å². The van der Waals surface area contributed by atoms with Gasteiger partial charge < -0.3 is 14.4 Å². The van der Waals surface area contributed by atoms with Gasteiger partial charge in [-0.15, -0.1) is 0 Å². The molecule has 0 radical (unpaired) electrons. The third-order valence-corrected chi connectivity index (χ3v) is 4.27. The average molecular weight is 373 g/mol. The molecule has 0 bridgehead atoms. The topological polar surface area (TPSA) is 62.1 Å². The SMILES string of the molecule is CN(Cc1ccccc1)C(=O)c1ccc[nH]1.Cc1nocc1-c1ccccc1. The van der Waals surface area contributed by atoms with E-state index in [1.807, 2.05) is 73.7 Å². The largest absolute Gasteiger partial charge is 0.364 e. The van der Waals surface area contributed by atoms with Crippen molar-refractivity contribution in [1.82, 2.24) is 15.0 Å². The monoisotopic (exact) mass is 373 g/mol. The fraction of sp³-hybridized carbons (Fsp3) is 0.130. The summed E-state index contributed by atoms with van der Waals surface area (Å²) in [5.74, 6) is 0.00820. The van der Waals surface area contributed by atoms with E-state index in [1.165, 1.54) is 0 Å². The highest BCUT2D eigenvalue weighted by atomic mass is 16.5. The lowest BCUT2D eigenvalue weighted by molar-refractivity contribution is 0.0780. The Kier molecular flexibility index (Phi) is 6.41. The molecule has 2 aromatic heterocycles. The van der Waals surface area contributed by atoms with Gasteiger partial charge in [-0.05, 0) is 30.2 Å². The first-order chi connectivity index (χ1) is 13.6. The predicted octanol–water partition coefficient (Wildman–Crippen LogP) is 4.94. The van der Waals surface area contributed by atoms with Crippen molar-refractivity contribution in [3.8, 4) is 11.1 Å². The third kappa shape index (κ3) is 4.98. The number of rotatable bonds is 4. The van der Waals surface area contributed by atoms with Crippen LogP contribution in [0.5, 0.6) is 0 Å². The number of carbonyl (C=O) groups excluding carboxylic acids is 1. The van der Waals surface area contributed by atoms with Crippen LogP contribution in [0.15, 0.2) is 89.8 Å². The van der Waals surface area contributed by atoms with Crippen molar-refractivity contribution in [2.24, 2.45) is 0 Å². The van der Waals surface area contributed by atoms with E-state index in [9.17, 15) is 4.79 Å². The molecule has 0 fully saturated rings. The van der Waals surface area contributed by atoms with Gasteiger partial charge in [0.25, 0.3) is 5.91 Å². The molecule has 0 spiro atoms. The van der Waals surface area contributed by atoms with Gasteiger partial charge in [0.15, 0.2) is 0 Å². The molecule has 0 unspecified atom stereocenters. The summed E-state index contributed by atoms with van der Waals surface area (Å²) in [6.45, 7) is 2.56. The van der Waals surface area contributed by atoms with Crippen LogP contribution >= 0.6 is 0 Å². The van der Waals surface area contributed by atoms with Crippen molar-refractivity contribution >= 4 is 5.91 Å². The van der Waals surface area contributed by atoms with Gasteiger partial charge in [-0.25, -0.2) is 0 Å². The van der Waals surface area contributed by atoms with Crippen LogP contribution in [0.2, 0.25) is 0 Å². The summed E-state index contributed by atoms with van der Waals surface area (Å²) in [6, 6.07) is 23.6. The first-order valence-corrected chi connectivity index (χ1v) is 9.04. The number of nitrogens with zero attached hydrogens (tertiary/aromatic N) is 2. The molecule has 4 rings (SSSR count). The van der Waals surface area contributed by atoms with E-state index in [0.29, 0.717) is 12.2 Å². The van der Waals surface area contributed by atoms with Crippen LogP contribution in [-0.4, -0.2) is 28.0 Å². The van der Waals surface area contributed by atoms with Gasteiger partial charge in [-0.2, -0.15) is 0 Å². The van der Waals surface area contributed by atoms with Gasteiger partial charge >= 0.3 is 0 Å². The zero-order chi connectivity index (χ0) is 19.8. The van der Waals surface area contributed by atoms with Gasteiger partial charge in [0.2, 0.25) is 0 Å². The molecule has 5 nitrogen and oxygen atoms in total. The fourth-order valence-corrected chi connectivity index (χ4v) is 2.79. The molecule has 0 saturated heterocycles. The second-order valence-corrected chi connectivity index (χ2v) is 6.41. The lowest BCUT2D eigenvalue weighted by Crippen LogP contribution is -2.26. The van der Waals surface area contributed by atoms with E-state index in [0.717, 1.165) is 22.4 Å². The molecular weight excluding hydrogens is 350 g/mol. The van der Waals surface area contributed by atoms with Crippen molar-refractivity contribution < 1.29 is 9.32 Å². The molecule has 2 aromatic carbocycles. The highest BCUT2D eigenvalue weighted by molar-refractivity contribution is 5.92. The molecule has 4 aromatic rings.